The molecule has 0 atom stereocenters. The third-order valence-electron chi connectivity index (χ3n) is 4.60. The standard InChI is InChI=1S/C24H22N6/c1-15(25)12-19(26)22-10-4-8-20(27-22)17-6-3-7-18(14-17)21-9-5-11-23(28-21)24-13-16(2)29-30-24/h3-14,25H,26H2,1-2H3,(H,29,30)/b19-12-,25-15?. The zero-order valence-corrected chi connectivity index (χ0v) is 16.8. The highest BCUT2D eigenvalue weighted by molar-refractivity contribution is 5.96. The van der Waals surface area contributed by atoms with Crippen LogP contribution in [0.15, 0.2) is 72.8 Å². The molecule has 1 aromatic carbocycles. The maximum Gasteiger partial charge on any atom is 0.0887 e. The molecule has 148 valence electrons. The number of allylic oxidation sites excluding steroid dienone is 1. The summed E-state index contributed by atoms with van der Waals surface area (Å²) in [5.41, 5.74) is 13.9. The van der Waals surface area contributed by atoms with Gasteiger partial charge in [0.2, 0.25) is 0 Å². The fraction of sp³-hybridized carbons (Fsp3) is 0.0833. The van der Waals surface area contributed by atoms with Gasteiger partial charge in [0.25, 0.3) is 0 Å². The van der Waals surface area contributed by atoms with Gasteiger partial charge in [-0.1, -0.05) is 30.3 Å². The highest BCUT2D eigenvalue weighted by atomic mass is 15.1. The van der Waals surface area contributed by atoms with Gasteiger partial charge in [-0.15, -0.1) is 0 Å². The van der Waals surface area contributed by atoms with Crippen LogP contribution in [0.3, 0.4) is 0 Å². The Morgan fingerprint density at radius 3 is 2.20 bits per heavy atom. The van der Waals surface area contributed by atoms with E-state index in [1.54, 1.807) is 13.0 Å². The van der Waals surface area contributed by atoms with Crippen molar-refractivity contribution in [2.75, 3.05) is 0 Å². The molecule has 0 amide bonds. The van der Waals surface area contributed by atoms with E-state index in [0.717, 1.165) is 39.6 Å². The van der Waals surface area contributed by atoms with Gasteiger partial charge in [-0.2, -0.15) is 5.10 Å². The van der Waals surface area contributed by atoms with Crippen LogP contribution in [0.5, 0.6) is 0 Å². The minimum absolute atomic E-state index is 0.389. The Hall–Kier alpha value is -4.06. The summed E-state index contributed by atoms with van der Waals surface area (Å²) in [6.07, 6.45) is 1.61. The van der Waals surface area contributed by atoms with Crippen LogP contribution in [0.2, 0.25) is 0 Å². The summed E-state index contributed by atoms with van der Waals surface area (Å²) in [6, 6.07) is 21.7. The maximum atomic E-state index is 7.60. The molecular weight excluding hydrogens is 372 g/mol. The number of rotatable bonds is 5. The normalized spacial score (nSPS) is 11.5. The van der Waals surface area contributed by atoms with E-state index >= 15 is 0 Å². The molecule has 0 aliphatic rings. The lowest BCUT2D eigenvalue weighted by atomic mass is 10.0. The number of nitrogens with zero attached hydrogens (tertiary/aromatic N) is 3. The molecule has 4 N–H and O–H groups in total. The van der Waals surface area contributed by atoms with Crippen LogP contribution in [-0.2, 0) is 0 Å². The number of aromatic amines is 1. The lowest BCUT2D eigenvalue weighted by molar-refractivity contribution is 1.05. The molecule has 3 heterocycles. The van der Waals surface area contributed by atoms with Crippen LogP contribution in [0.25, 0.3) is 39.6 Å². The quantitative estimate of drug-likeness (QED) is 0.421. The predicted octanol–water partition coefficient (Wildman–Crippen LogP) is 4.85. The van der Waals surface area contributed by atoms with Crippen molar-refractivity contribution in [2.45, 2.75) is 13.8 Å². The number of aromatic nitrogens is 4. The minimum atomic E-state index is 0.389. The molecule has 0 saturated carbocycles. The average Bonchev–Trinajstić information content (AvgIpc) is 3.20. The Morgan fingerprint density at radius 2 is 1.53 bits per heavy atom. The van der Waals surface area contributed by atoms with Gasteiger partial charge in [0, 0.05) is 16.8 Å². The van der Waals surface area contributed by atoms with Gasteiger partial charge in [0.15, 0.2) is 0 Å². The number of nitrogens with one attached hydrogen (secondary N) is 2. The van der Waals surface area contributed by atoms with Crippen molar-refractivity contribution in [1.29, 1.82) is 5.41 Å². The highest BCUT2D eigenvalue weighted by Crippen LogP contribution is 2.26. The Morgan fingerprint density at radius 1 is 0.900 bits per heavy atom. The van der Waals surface area contributed by atoms with E-state index in [4.69, 9.17) is 16.1 Å². The average molecular weight is 394 g/mol. The molecule has 0 spiro atoms. The monoisotopic (exact) mass is 394 g/mol. The number of nitrogens with two attached hydrogens (primary N) is 1. The third-order valence-corrected chi connectivity index (χ3v) is 4.60. The number of aryl methyl sites for hydroxylation is 1. The molecule has 4 aromatic rings. The van der Waals surface area contributed by atoms with E-state index in [2.05, 4.69) is 21.2 Å². The topological polar surface area (TPSA) is 104 Å². The van der Waals surface area contributed by atoms with Crippen LogP contribution in [-0.4, -0.2) is 25.9 Å². The minimum Gasteiger partial charge on any atom is -0.397 e. The molecule has 0 bridgehead atoms. The van der Waals surface area contributed by atoms with Crippen LogP contribution < -0.4 is 5.73 Å². The van der Waals surface area contributed by atoms with Crippen molar-refractivity contribution in [1.82, 2.24) is 20.2 Å². The second-order valence-corrected chi connectivity index (χ2v) is 7.10. The molecule has 0 unspecified atom stereocenters. The fourth-order valence-corrected chi connectivity index (χ4v) is 3.20. The van der Waals surface area contributed by atoms with Crippen molar-refractivity contribution >= 4 is 11.4 Å². The first-order valence-corrected chi connectivity index (χ1v) is 9.59. The fourth-order valence-electron chi connectivity index (χ4n) is 3.20. The van der Waals surface area contributed by atoms with Crippen LogP contribution in [0, 0.1) is 12.3 Å². The maximum absolute atomic E-state index is 7.60. The number of H-pyrrole nitrogens is 1. The van der Waals surface area contributed by atoms with E-state index < -0.39 is 0 Å². The van der Waals surface area contributed by atoms with E-state index in [0.29, 0.717) is 17.1 Å². The van der Waals surface area contributed by atoms with Crippen LogP contribution >= 0.6 is 0 Å². The van der Waals surface area contributed by atoms with Crippen LogP contribution in [0.1, 0.15) is 18.3 Å². The number of hydrogen-bond donors (Lipinski definition) is 3. The van der Waals surface area contributed by atoms with Gasteiger partial charge in [-0.05, 0) is 56.3 Å². The molecule has 0 radical (unpaired) electrons. The third kappa shape index (κ3) is 4.17. The summed E-state index contributed by atoms with van der Waals surface area (Å²) in [4.78, 5) is 9.47. The van der Waals surface area contributed by atoms with Crippen molar-refractivity contribution in [3.05, 3.63) is 84.2 Å². The molecule has 3 aromatic heterocycles. The second-order valence-electron chi connectivity index (χ2n) is 7.10. The highest BCUT2D eigenvalue weighted by Gasteiger charge is 2.08. The molecule has 0 aliphatic heterocycles. The Labute approximate surface area is 175 Å². The summed E-state index contributed by atoms with van der Waals surface area (Å²) < 4.78 is 0. The Kier molecular flexibility index (Phi) is 5.22. The van der Waals surface area contributed by atoms with Gasteiger partial charge in [0.1, 0.15) is 0 Å². The van der Waals surface area contributed by atoms with Gasteiger partial charge < -0.3 is 11.1 Å². The molecule has 6 heteroatoms. The number of benzene rings is 1. The summed E-state index contributed by atoms with van der Waals surface area (Å²) in [5, 5.41) is 14.8. The Bertz CT molecular complexity index is 1250. The first-order valence-electron chi connectivity index (χ1n) is 9.59. The van der Waals surface area contributed by atoms with E-state index in [9.17, 15) is 0 Å². The van der Waals surface area contributed by atoms with Gasteiger partial charge in [0.05, 0.1) is 39.9 Å². The molecule has 0 saturated heterocycles. The smallest absolute Gasteiger partial charge is 0.0887 e. The van der Waals surface area contributed by atoms with Crippen molar-refractivity contribution in [3.8, 4) is 33.9 Å². The Balaban J connectivity index is 1.70. The van der Waals surface area contributed by atoms with Gasteiger partial charge in [-0.3, -0.25) is 5.10 Å². The second kappa shape index (κ2) is 8.13. The van der Waals surface area contributed by atoms with E-state index in [1.807, 2.05) is 67.6 Å². The summed E-state index contributed by atoms with van der Waals surface area (Å²) in [6.45, 7) is 3.63. The number of hydrogen-bond acceptors (Lipinski definition) is 5. The summed E-state index contributed by atoms with van der Waals surface area (Å²) in [7, 11) is 0. The molecule has 0 aliphatic carbocycles. The first kappa shape index (κ1) is 19.3. The molecular formula is C24H22N6. The molecule has 0 fully saturated rings. The summed E-state index contributed by atoms with van der Waals surface area (Å²) in [5.74, 6) is 0. The molecule has 4 rings (SSSR count). The first-order chi connectivity index (χ1) is 14.5. The zero-order valence-electron chi connectivity index (χ0n) is 16.8. The van der Waals surface area contributed by atoms with E-state index in [1.165, 1.54) is 0 Å². The van der Waals surface area contributed by atoms with Gasteiger partial charge >= 0.3 is 0 Å². The SMILES string of the molecule is CC(=N)/C=C(\N)c1cccc(-c2cccc(-c3cccc(-c4cc(C)n[nH]4)n3)c2)n1. The summed E-state index contributed by atoms with van der Waals surface area (Å²) >= 11 is 0. The van der Waals surface area contributed by atoms with Gasteiger partial charge in [-0.25, -0.2) is 9.97 Å². The lowest BCUT2D eigenvalue weighted by Crippen LogP contribution is -2.02. The molecule has 6 nitrogen and oxygen atoms in total. The largest absolute Gasteiger partial charge is 0.397 e. The zero-order chi connectivity index (χ0) is 21.1. The van der Waals surface area contributed by atoms with Crippen LogP contribution in [0.4, 0.5) is 0 Å². The molecule has 30 heavy (non-hydrogen) atoms. The van der Waals surface area contributed by atoms with Crippen molar-refractivity contribution in [3.63, 3.8) is 0 Å². The predicted molar refractivity (Wildman–Crippen MR) is 121 cm³/mol. The number of pyridine rings is 2. The van der Waals surface area contributed by atoms with Crippen molar-refractivity contribution < 1.29 is 0 Å². The van der Waals surface area contributed by atoms with E-state index in [-0.39, 0.29) is 0 Å². The lowest BCUT2D eigenvalue weighted by Gasteiger charge is -2.08. The van der Waals surface area contributed by atoms with Crippen molar-refractivity contribution in [2.24, 2.45) is 5.73 Å².